The van der Waals surface area contributed by atoms with Gasteiger partial charge in [-0.25, -0.2) is 0 Å². The van der Waals surface area contributed by atoms with Crippen LogP contribution in [0.5, 0.6) is 0 Å². The quantitative estimate of drug-likeness (QED) is 0.792. The van der Waals surface area contributed by atoms with Crippen molar-refractivity contribution in [2.45, 2.75) is 33.1 Å². The number of amides is 2. The van der Waals surface area contributed by atoms with Crippen LogP contribution in [0.15, 0.2) is 24.3 Å². The second-order valence-corrected chi connectivity index (χ2v) is 5.97. The van der Waals surface area contributed by atoms with Crippen molar-refractivity contribution in [1.29, 1.82) is 0 Å². The van der Waals surface area contributed by atoms with E-state index in [1.165, 1.54) is 0 Å². The molecular weight excluding hydrogens is 326 g/mol. The Kier molecular flexibility index (Phi) is 8.79. The molecule has 0 aliphatic carbocycles. The Bertz CT molecular complexity index is 541. The van der Waals surface area contributed by atoms with Gasteiger partial charge in [0, 0.05) is 19.5 Å². The molecule has 6 heteroatoms. The van der Waals surface area contributed by atoms with Gasteiger partial charge in [-0.3, -0.25) is 9.59 Å². The van der Waals surface area contributed by atoms with E-state index in [1.807, 2.05) is 26.0 Å². The zero-order valence-corrected chi connectivity index (χ0v) is 15.3. The fourth-order valence-electron chi connectivity index (χ4n) is 2.97. The summed E-state index contributed by atoms with van der Waals surface area (Å²) in [4.78, 5) is 26.5. The van der Waals surface area contributed by atoms with Gasteiger partial charge in [0.15, 0.2) is 0 Å². The van der Waals surface area contributed by atoms with Gasteiger partial charge in [-0.05, 0) is 57.8 Å². The van der Waals surface area contributed by atoms with Crippen LogP contribution < -0.4 is 10.6 Å². The fourth-order valence-corrected chi connectivity index (χ4v) is 2.97. The van der Waals surface area contributed by atoms with Crippen molar-refractivity contribution in [3.05, 3.63) is 29.8 Å². The Morgan fingerprint density at radius 1 is 1.25 bits per heavy atom. The second-order valence-electron chi connectivity index (χ2n) is 5.97. The molecule has 1 aromatic carbocycles. The van der Waals surface area contributed by atoms with E-state index in [4.69, 9.17) is 0 Å². The lowest BCUT2D eigenvalue weighted by atomic mass is 10.0. The zero-order valence-electron chi connectivity index (χ0n) is 14.5. The van der Waals surface area contributed by atoms with Gasteiger partial charge in [-0.15, -0.1) is 12.4 Å². The van der Waals surface area contributed by atoms with Crippen LogP contribution in [0.25, 0.3) is 0 Å². The van der Waals surface area contributed by atoms with E-state index >= 15 is 0 Å². The molecule has 0 bridgehead atoms. The van der Waals surface area contributed by atoms with Crippen molar-refractivity contribution < 1.29 is 9.59 Å². The Morgan fingerprint density at radius 3 is 2.58 bits per heavy atom. The minimum atomic E-state index is -0.0362. The number of hydrogen-bond acceptors (Lipinski definition) is 3. The first-order chi connectivity index (χ1) is 11.2. The average molecular weight is 354 g/mol. The third kappa shape index (κ3) is 5.49. The lowest BCUT2D eigenvalue weighted by Crippen LogP contribution is -2.31. The normalized spacial score (nSPS) is 16.3. The average Bonchev–Trinajstić information content (AvgIpc) is 3.08. The number of nitrogens with zero attached hydrogens (tertiary/aromatic N) is 1. The summed E-state index contributed by atoms with van der Waals surface area (Å²) in [5, 5.41) is 6.22. The van der Waals surface area contributed by atoms with Gasteiger partial charge < -0.3 is 15.5 Å². The highest BCUT2D eigenvalue weighted by atomic mass is 35.5. The predicted octanol–water partition coefficient (Wildman–Crippen LogP) is 2.92. The summed E-state index contributed by atoms with van der Waals surface area (Å²) in [5.41, 5.74) is 1.17. The summed E-state index contributed by atoms with van der Waals surface area (Å²) in [5.74, 6) is 0.538. The zero-order chi connectivity index (χ0) is 16.7. The summed E-state index contributed by atoms with van der Waals surface area (Å²) in [7, 11) is 0. The Labute approximate surface area is 150 Å². The van der Waals surface area contributed by atoms with Crippen LogP contribution in [0, 0.1) is 5.92 Å². The summed E-state index contributed by atoms with van der Waals surface area (Å²) in [6.45, 7) is 7.28. The van der Waals surface area contributed by atoms with Gasteiger partial charge in [-0.1, -0.05) is 12.1 Å². The first kappa shape index (κ1) is 20.5. The molecule has 1 aliphatic rings. The van der Waals surface area contributed by atoms with Gasteiger partial charge in [0.25, 0.3) is 5.91 Å². The molecule has 2 amide bonds. The van der Waals surface area contributed by atoms with E-state index in [0.29, 0.717) is 36.7 Å². The third-order valence-corrected chi connectivity index (χ3v) is 4.42. The van der Waals surface area contributed by atoms with Gasteiger partial charge in [0.05, 0.1) is 11.3 Å². The Hall–Kier alpha value is -1.59. The van der Waals surface area contributed by atoms with E-state index in [-0.39, 0.29) is 24.2 Å². The molecule has 0 radical (unpaired) electrons. The maximum absolute atomic E-state index is 12.5. The minimum Gasteiger partial charge on any atom is -0.339 e. The molecular formula is C18H28ClN3O2. The molecule has 1 atom stereocenters. The van der Waals surface area contributed by atoms with Crippen molar-refractivity contribution in [2.75, 3.05) is 31.5 Å². The smallest absolute Gasteiger partial charge is 0.255 e. The molecule has 1 fully saturated rings. The monoisotopic (exact) mass is 353 g/mol. The first-order valence-corrected chi connectivity index (χ1v) is 8.54. The molecule has 1 aromatic rings. The number of carbonyl (C=O) groups excluding carboxylic acids is 2. The van der Waals surface area contributed by atoms with E-state index < -0.39 is 0 Å². The predicted molar refractivity (Wildman–Crippen MR) is 99.8 cm³/mol. The van der Waals surface area contributed by atoms with Crippen LogP contribution in [-0.2, 0) is 4.79 Å². The molecule has 1 heterocycles. The van der Waals surface area contributed by atoms with Crippen LogP contribution in [-0.4, -0.2) is 42.9 Å². The van der Waals surface area contributed by atoms with Crippen molar-refractivity contribution in [3.63, 3.8) is 0 Å². The number of anilines is 1. The van der Waals surface area contributed by atoms with Gasteiger partial charge in [0.1, 0.15) is 0 Å². The van der Waals surface area contributed by atoms with Crippen LogP contribution in [0.1, 0.15) is 43.5 Å². The highest BCUT2D eigenvalue weighted by molar-refractivity contribution is 6.03. The molecule has 0 saturated carbocycles. The number of hydrogen-bond donors (Lipinski definition) is 2. The number of para-hydroxylation sites is 1. The molecule has 5 nitrogen and oxygen atoms in total. The van der Waals surface area contributed by atoms with Crippen LogP contribution in [0.4, 0.5) is 5.69 Å². The van der Waals surface area contributed by atoms with Gasteiger partial charge in [-0.2, -0.15) is 0 Å². The summed E-state index contributed by atoms with van der Waals surface area (Å²) in [6, 6.07) is 7.25. The SMILES string of the molecule is CCN(CC)C(=O)c1ccccc1NC(=O)CCC1CCNC1.Cl. The number of benzene rings is 1. The third-order valence-electron chi connectivity index (χ3n) is 4.42. The minimum absolute atomic E-state index is 0. The Morgan fingerprint density at radius 2 is 1.96 bits per heavy atom. The van der Waals surface area contributed by atoms with Crippen molar-refractivity contribution in [1.82, 2.24) is 10.2 Å². The number of nitrogens with one attached hydrogen (secondary N) is 2. The molecule has 1 saturated heterocycles. The molecule has 24 heavy (non-hydrogen) atoms. The standard InChI is InChI=1S/C18H27N3O2.ClH/c1-3-21(4-2)18(23)15-7-5-6-8-16(15)20-17(22)10-9-14-11-12-19-13-14;/h5-8,14,19H,3-4,9-13H2,1-2H3,(H,20,22);1H. The summed E-state index contributed by atoms with van der Waals surface area (Å²) >= 11 is 0. The van der Waals surface area contributed by atoms with E-state index in [1.54, 1.807) is 17.0 Å². The molecule has 134 valence electrons. The first-order valence-electron chi connectivity index (χ1n) is 8.54. The van der Waals surface area contributed by atoms with Crippen LogP contribution in [0.2, 0.25) is 0 Å². The molecule has 1 aliphatic heterocycles. The largest absolute Gasteiger partial charge is 0.339 e. The van der Waals surface area contributed by atoms with Crippen LogP contribution >= 0.6 is 12.4 Å². The van der Waals surface area contributed by atoms with E-state index in [9.17, 15) is 9.59 Å². The maximum atomic E-state index is 12.5. The van der Waals surface area contributed by atoms with Gasteiger partial charge >= 0.3 is 0 Å². The van der Waals surface area contributed by atoms with Crippen molar-refractivity contribution >= 4 is 29.9 Å². The number of halogens is 1. The molecule has 1 unspecified atom stereocenters. The molecule has 0 spiro atoms. The van der Waals surface area contributed by atoms with Crippen LogP contribution in [0.3, 0.4) is 0 Å². The topological polar surface area (TPSA) is 61.4 Å². The number of carbonyl (C=O) groups is 2. The molecule has 2 rings (SSSR count). The van der Waals surface area contributed by atoms with Crippen molar-refractivity contribution in [3.8, 4) is 0 Å². The lowest BCUT2D eigenvalue weighted by Gasteiger charge is -2.20. The lowest BCUT2D eigenvalue weighted by molar-refractivity contribution is -0.116. The summed E-state index contributed by atoms with van der Waals surface area (Å²) < 4.78 is 0. The summed E-state index contributed by atoms with van der Waals surface area (Å²) in [6.07, 6.45) is 2.54. The van der Waals surface area contributed by atoms with E-state index in [0.717, 1.165) is 25.9 Å². The molecule has 0 aromatic heterocycles. The van der Waals surface area contributed by atoms with E-state index in [2.05, 4.69) is 10.6 Å². The number of rotatable bonds is 7. The fraction of sp³-hybridized carbons (Fsp3) is 0.556. The van der Waals surface area contributed by atoms with Gasteiger partial charge in [0.2, 0.25) is 5.91 Å². The Balaban J connectivity index is 0.00000288. The second kappa shape index (κ2) is 10.3. The maximum Gasteiger partial charge on any atom is 0.255 e. The van der Waals surface area contributed by atoms with Crippen molar-refractivity contribution in [2.24, 2.45) is 5.92 Å². The highest BCUT2D eigenvalue weighted by Gasteiger charge is 2.19. The molecule has 2 N–H and O–H groups in total. The highest BCUT2D eigenvalue weighted by Crippen LogP contribution is 2.19.